The molecule has 1 aromatic rings. The summed E-state index contributed by atoms with van der Waals surface area (Å²) in [6.07, 6.45) is 0.345. The molecule has 0 aliphatic heterocycles. The van der Waals surface area contributed by atoms with Crippen molar-refractivity contribution in [3.8, 4) is 0 Å². The molecule has 0 radical (unpaired) electrons. The van der Waals surface area contributed by atoms with Crippen molar-refractivity contribution in [3.63, 3.8) is 0 Å². The highest BCUT2D eigenvalue weighted by molar-refractivity contribution is 5.54. The second kappa shape index (κ2) is 6.29. The Kier molecular flexibility index (Phi) is 4.89. The zero-order valence-electron chi connectivity index (χ0n) is 8.18. The Bertz CT molecular complexity index is 258. The minimum absolute atomic E-state index is 0.148. The van der Waals surface area contributed by atoms with Crippen LogP contribution in [0.25, 0.3) is 0 Å². The number of carbonyl (C=O) groups excluding carboxylic acids is 1. The Balaban J connectivity index is 2.13. The van der Waals surface area contributed by atoms with Gasteiger partial charge in [0.05, 0.1) is 6.61 Å². The highest BCUT2D eigenvalue weighted by atomic mass is 16.7. The lowest BCUT2D eigenvalue weighted by Crippen LogP contribution is -2.12. The van der Waals surface area contributed by atoms with Crippen LogP contribution in [0.2, 0.25) is 0 Å². The summed E-state index contributed by atoms with van der Waals surface area (Å²) in [7, 11) is 0. The van der Waals surface area contributed by atoms with E-state index in [1.165, 1.54) is 0 Å². The first-order chi connectivity index (χ1) is 6.83. The Morgan fingerprint density at radius 2 is 2.07 bits per heavy atom. The molecule has 0 amide bonds. The van der Waals surface area contributed by atoms with Gasteiger partial charge in [0.25, 0.3) is 0 Å². The lowest BCUT2D eigenvalue weighted by atomic mass is 10.2. The molecule has 1 rings (SSSR count). The second-order valence-corrected chi connectivity index (χ2v) is 2.96. The summed E-state index contributed by atoms with van der Waals surface area (Å²) in [6, 6.07) is 9.81. The van der Waals surface area contributed by atoms with Crippen molar-refractivity contribution in [2.45, 2.75) is 19.6 Å². The fraction of sp³-hybridized carbons (Fsp3) is 0.364. The Labute approximate surface area is 83.6 Å². The number of hydrogen-bond acceptors (Lipinski definition) is 3. The van der Waals surface area contributed by atoms with Gasteiger partial charge in [-0.15, -0.1) is 0 Å². The third kappa shape index (κ3) is 4.16. The lowest BCUT2D eigenvalue weighted by Gasteiger charge is -2.07. The first kappa shape index (κ1) is 10.9. The second-order valence-electron chi connectivity index (χ2n) is 2.96. The molecule has 0 heterocycles. The zero-order valence-corrected chi connectivity index (χ0v) is 8.18. The lowest BCUT2D eigenvalue weighted by molar-refractivity contribution is -0.129. The molecular weight excluding hydrogens is 180 g/mol. The summed E-state index contributed by atoms with van der Waals surface area (Å²) in [5, 5.41) is 0. The summed E-state index contributed by atoms with van der Waals surface area (Å²) < 4.78 is 10.2. The average Bonchev–Trinajstić information content (AvgIpc) is 2.25. The SMILES string of the molecule is C[C@H](C=O)OCOCc1ccccc1. The zero-order chi connectivity index (χ0) is 10.2. The maximum Gasteiger partial charge on any atom is 0.148 e. The summed E-state index contributed by atoms with van der Waals surface area (Å²) in [6.45, 7) is 2.33. The average molecular weight is 194 g/mol. The Morgan fingerprint density at radius 3 is 2.71 bits per heavy atom. The van der Waals surface area contributed by atoms with Gasteiger partial charge in [0.2, 0.25) is 0 Å². The van der Waals surface area contributed by atoms with Crippen LogP contribution in [0.15, 0.2) is 30.3 Å². The molecule has 1 aromatic carbocycles. The molecule has 0 aromatic heterocycles. The predicted molar refractivity (Wildman–Crippen MR) is 52.7 cm³/mol. The number of carbonyl (C=O) groups is 1. The van der Waals surface area contributed by atoms with E-state index in [4.69, 9.17) is 9.47 Å². The summed E-state index contributed by atoms with van der Waals surface area (Å²) in [5.41, 5.74) is 1.09. The first-order valence-electron chi connectivity index (χ1n) is 4.51. The highest BCUT2D eigenvalue weighted by Gasteiger charge is 1.97. The summed E-state index contributed by atoms with van der Waals surface area (Å²) in [4.78, 5) is 10.2. The van der Waals surface area contributed by atoms with E-state index >= 15 is 0 Å². The minimum Gasteiger partial charge on any atom is -0.351 e. The van der Waals surface area contributed by atoms with Crippen molar-refractivity contribution < 1.29 is 14.3 Å². The molecule has 0 unspecified atom stereocenters. The summed E-state index contributed by atoms with van der Waals surface area (Å²) >= 11 is 0. The van der Waals surface area contributed by atoms with Gasteiger partial charge in [-0.2, -0.15) is 0 Å². The van der Waals surface area contributed by atoms with Crippen LogP contribution in [0.5, 0.6) is 0 Å². The predicted octanol–water partition coefficient (Wildman–Crippen LogP) is 1.76. The van der Waals surface area contributed by atoms with E-state index in [2.05, 4.69) is 0 Å². The van der Waals surface area contributed by atoms with E-state index in [0.29, 0.717) is 6.61 Å². The van der Waals surface area contributed by atoms with Crippen LogP contribution < -0.4 is 0 Å². The summed E-state index contributed by atoms with van der Waals surface area (Å²) in [5.74, 6) is 0. The van der Waals surface area contributed by atoms with Crippen molar-refractivity contribution in [3.05, 3.63) is 35.9 Å². The molecule has 0 saturated carbocycles. The molecular formula is C11H14O3. The monoisotopic (exact) mass is 194 g/mol. The van der Waals surface area contributed by atoms with Crippen LogP contribution in [0.1, 0.15) is 12.5 Å². The standard InChI is InChI=1S/C11H14O3/c1-10(7-12)14-9-13-8-11-5-3-2-4-6-11/h2-7,10H,8-9H2,1H3/t10-/m1/s1. The number of rotatable bonds is 6. The largest absolute Gasteiger partial charge is 0.351 e. The van der Waals surface area contributed by atoms with Crippen molar-refractivity contribution in [2.24, 2.45) is 0 Å². The number of hydrogen-bond donors (Lipinski definition) is 0. The van der Waals surface area contributed by atoms with Gasteiger partial charge in [-0.1, -0.05) is 30.3 Å². The normalized spacial score (nSPS) is 12.4. The molecule has 0 aliphatic carbocycles. The molecule has 0 fully saturated rings. The van der Waals surface area contributed by atoms with Gasteiger partial charge in [0.15, 0.2) is 0 Å². The van der Waals surface area contributed by atoms with Crippen LogP contribution in [0.3, 0.4) is 0 Å². The Hall–Kier alpha value is -1.19. The third-order valence-electron chi connectivity index (χ3n) is 1.72. The van der Waals surface area contributed by atoms with E-state index in [0.717, 1.165) is 11.8 Å². The minimum atomic E-state index is -0.397. The molecule has 0 N–H and O–H groups in total. The molecule has 0 bridgehead atoms. The van der Waals surface area contributed by atoms with Gasteiger partial charge in [-0.25, -0.2) is 0 Å². The van der Waals surface area contributed by atoms with Crippen molar-refractivity contribution in [2.75, 3.05) is 6.79 Å². The number of ether oxygens (including phenoxy) is 2. The molecule has 76 valence electrons. The third-order valence-corrected chi connectivity index (χ3v) is 1.72. The fourth-order valence-electron chi connectivity index (χ4n) is 0.928. The van der Waals surface area contributed by atoms with Crippen molar-refractivity contribution in [1.82, 2.24) is 0 Å². The van der Waals surface area contributed by atoms with Gasteiger partial charge in [-0.3, -0.25) is 0 Å². The Morgan fingerprint density at radius 1 is 1.36 bits per heavy atom. The maximum atomic E-state index is 10.2. The number of benzene rings is 1. The van der Waals surface area contributed by atoms with E-state index in [1.807, 2.05) is 30.3 Å². The van der Waals surface area contributed by atoms with E-state index < -0.39 is 6.10 Å². The van der Waals surface area contributed by atoms with Gasteiger partial charge in [0, 0.05) is 0 Å². The molecule has 3 nitrogen and oxygen atoms in total. The molecule has 0 spiro atoms. The topological polar surface area (TPSA) is 35.5 Å². The van der Waals surface area contributed by atoms with E-state index in [1.54, 1.807) is 6.92 Å². The molecule has 0 saturated heterocycles. The molecule has 0 aliphatic rings. The maximum absolute atomic E-state index is 10.2. The van der Waals surface area contributed by atoms with Crippen LogP contribution in [-0.4, -0.2) is 19.2 Å². The van der Waals surface area contributed by atoms with Crippen LogP contribution in [-0.2, 0) is 20.9 Å². The quantitative estimate of drug-likeness (QED) is 0.393. The first-order valence-corrected chi connectivity index (χ1v) is 4.51. The molecule has 1 atom stereocenters. The van der Waals surface area contributed by atoms with Crippen molar-refractivity contribution >= 4 is 6.29 Å². The number of aldehydes is 1. The molecule has 3 heteroatoms. The van der Waals surface area contributed by atoms with Crippen LogP contribution in [0, 0.1) is 0 Å². The van der Waals surface area contributed by atoms with Gasteiger partial charge >= 0.3 is 0 Å². The van der Waals surface area contributed by atoms with Gasteiger partial charge in [-0.05, 0) is 12.5 Å². The smallest absolute Gasteiger partial charge is 0.148 e. The van der Waals surface area contributed by atoms with Gasteiger partial charge in [0.1, 0.15) is 19.2 Å². The van der Waals surface area contributed by atoms with Crippen molar-refractivity contribution in [1.29, 1.82) is 0 Å². The fourth-order valence-corrected chi connectivity index (χ4v) is 0.928. The van der Waals surface area contributed by atoms with Crippen LogP contribution >= 0.6 is 0 Å². The van der Waals surface area contributed by atoms with E-state index in [-0.39, 0.29) is 6.79 Å². The van der Waals surface area contributed by atoms with E-state index in [9.17, 15) is 4.79 Å². The van der Waals surface area contributed by atoms with Gasteiger partial charge < -0.3 is 14.3 Å². The molecule has 14 heavy (non-hydrogen) atoms. The highest BCUT2D eigenvalue weighted by Crippen LogP contribution is 2.00. The van der Waals surface area contributed by atoms with Crippen LogP contribution in [0.4, 0.5) is 0 Å².